The van der Waals surface area contributed by atoms with E-state index in [0.29, 0.717) is 0 Å². The zero-order chi connectivity index (χ0) is 9.41. The SMILES string of the molecule is CC1OOC(C)(C)CC(C)(C)O1. The lowest BCUT2D eigenvalue weighted by molar-refractivity contribution is -0.400. The lowest BCUT2D eigenvalue weighted by Gasteiger charge is -2.28. The highest BCUT2D eigenvalue weighted by atomic mass is 17.2. The Bertz CT molecular complexity index is 163. The third-order valence-corrected chi connectivity index (χ3v) is 1.75. The van der Waals surface area contributed by atoms with E-state index in [1.54, 1.807) is 0 Å². The topological polar surface area (TPSA) is 27.7 Å². The van der Waals surface area contributed by atoms with Crippen LogP contribution in [0, 0.1) is 0 Å². The number of hydrogen-bond acceptors (Lipinski definition) is 3. The molecule has 3 heteroatoms. The van der Waals surface area contributed by atoms with Crippen LogP contribution in [0.5, 0.6) is 0 Å². The van der Waals surface area contributed by atoms with E-state index in [9.17, 15) is 0 Å². The van der Waals surface area contributed by atoms with Gasteiger partial charge in [0, 0.05) is 6.42 Å². The van der Waals surface area contributed by atoms with Crippen LogP contribution in [-0.4, -0.2) is 17.5 Å². The molecule has 1 aliphatic rings. The molecule has 0 amide bonds. The van der Waals surface area contributed by atoms with Crippen LogP contribution in [0.15, 0.2) is 0 Å². The lowest BCUT2D eigenvalue weighted by atomic mass is 9.92. The van der Waals surface area contributed by atoms with Crippen molar-refractivity contribution in [3.05, 3.63) is 0 Å². The fourth-order valence-electron chi connectivity index (χ4n) is 1.76. The molecule has 12 heavy (non-hydrogen) atoms. The number of rotatable bonds is 0. The molecule has 1 saturated heterocycles. The maximum Gasteiger partial charge on any atom is 0.189 e. The van der Waals surface area contributed by atoms with Gasteiger partial charge in [0.15, 0.2) is 6.29 Å². The Kier molecular flexibility index (Phi) is 2.47. The van der Waals surface area contributed by atoms with Crippen LogP contribution in [-0.2, 0) is 14.5 Å². The lowest BCUT2D eigenvalue weighted by Crippen LogP contribution is -2.34. The van der Waals surface area contributed by atoms with Crippen molar-refractivity contribution in [2.24, 2.45) is 0 Å². The molecule has 0 N–H and O–H groups in total. The van der Waals surface area contributed by atoms with Gasteiger partial charge in [-0.15, -0.1) is 0 Å². The first kappa shape index (κ1) is 9.96. The maximum absolute atomic E-state index is 5.59. The van der Waals surface area contributed by atoms with Crippen LogP contribution >= 0.6 is 0 Å². The molecule has 1 unspecified atom stereocenters. The molecule has 1 heterocycles. The molecular weight excluding hydrogens is 156 g/mol. The molecule has 0 aromatic heterocycles. The monoisotopic (exact) mass is 174 g/mol. The van der Waals surface area contributed by atoms with Gasteiger partial charge in [0.1, 0.15) is 5.60 Å². The van der Waals surface area contributed by atoms with Crippen molar-refractivity contribution in [2.45, 2.75) is 58.5 Å². The Morgan fingerprint density at radius 1 is 1.08 bits per heavy atom. The molecule has 72 valence electrons. The average Bonchev–Trinajstić information content (AvgIpc) is 1.86. The van der Waals surface area contributed by atoms with Crippen molar-refractivity contribution in [2.75, 3.05) is 0 Å². The molecule has 0 saturated carbocycles. The second-order valence-electron chi connectivity index (χ2n) is 4.56. The highest BCUT2D eigenvalue weighted by molar-refractivity contribution is 4.81. The van der Waals surface area contributed by atoms with E-state index in [0.717, 1.165) is 6.42 Å². The minimum absolute atomic E-state index is 0.181. The summed E-state index contributed by atoms with van der Waals surface area (Å²) < 4.78 is 5.59. The molecule has 0 spiro atoms. The number of ether oxygens (including phenoxy) is 1. The van der Waals surface area contributed by atoms with Gasteiger partial charge >= 0.3 is 0 Å². The van der Waals surface area contributed by atoms with Gasteiger partial charge < -0.3 is 4.74 Å². The van der Waals surface area contributed by atoms with E-state index in [4.69, 9.17) is 14.5 Å². The molecule has 0 aromatic carbocycles. The summed E-state index contributed by atoms with van der Waals surface area (Å²) >= 11 is 0. The third kappa shape index (κ3) is 2.73. The van der Waals surface area contributed by atoms with Gasteiger partial charge in [-0.1, -0.05) is 0 Å². The summed E-state index contributed by atoms with van der Waals surface area (Å²) in [5.41, 5.74) is -0.451. The van der Waals surface area contributed by atoms with E-state index in [1.807, 2.05) is 34.6 Å². The van der Waals surface area contributed by atoms with Gasteiger partial charge in [0.05, 0.1) is 5.60 Å². The molecule has 0 aliphatic carbocycles. The largest absolute Gasteiger partial charge is 0.344 e. The molecule has 1 rings (SSSR count). The van der Waals surface area contributed by atoms with Gasteiger partial charge in [-0.25, -0.2) is 9.78 Å². The van der Waals surface area contributed by atoms with E-state index in [-0.39, 0.29) is 17.5 Å². The molecule has 0 radical (unpaired) electrons. The van der Waals surface area contributed by atoms with Gasteiger partial charge in [0.2, 0.25) is 0 Å². The molecule has 3 nitrogen and oxygen atoms in total. The van der Waals surface area contributed by atoms with Crippen molar-refractivity contribution < 1.29 is 14.5 Å². The summed E-state index contributed by atoms with van der Waals surface area (Å²) in [7, 11) is 0. The smallest absolute Gasteiger partial charge is 0.189 e. The minimum Gasteiger partial charge on any atom is -0.344 e. The predicted molar refractivity (Wildman–Crippen MR) is 45.5 cm³/mol. The van der Waals surface area contributed by atoms with E-state index >= 15 is 0 Å². The Morgan fingerprint density at radius 2 is 1.67 bits per heavy atom. The molecular formula is C9H18O3. The molecule has 0 bridgehead atoms. The second kappa shape index (κ2) is 2.98. The zero-order valence-corrected chi connectivity index (χ0v) is 8.51. The van der Waals surface area contributed by atoms with Crippen molar-refractivity contribution in [3.8, 4) is 0 Å². The molecule has 0 aromatic rings. The number of hydrogen-bond donors (Lipinski definition) is 0. The van der Waals surface area contributed by atoms with Crippen molar-refractivity contribution in [1.29, 1.82) is 0 Å². The Labute approximate surface area is 73.9 Å². The molecule has 1 aliphatic heterocycles. The van der Waals surface area contributed by atoms with Crippen LogP contribution < -0.4 is 0 Å². The van der Waals surface area contributed by atoms with E-state index < -0.39 is 0 Å². The van der Waals surface area contributed by atoms with Gasteiger partial charge in [-0.3, -0.25) is 0 Å². The van der Waals surface area contributed by atoms with Crippen LogP contribution in [0.4, 0.5) is 0 Å². The van der Waals surface area contributed by atoms with E-state index in [2.05, 4.69) is 0 Å². The van der Waals surface area contributed by atoms with Gasteiger partial charge in [0.25, 0.3) is 0 Å². The Balaban J connectivity index is 2.69. The summed E-state index contributed by atoms with van der Waals surface area (Å²) in [4.78, 5) is 10.2. The fourth-order valence-corrected chi connectivity index (χ4v) is 1.76. The van der Waals surface area contributed by atoms with Gasteiger partial charge in [-0.2, -0.15) is 0 Å². The second-order valence-corrected chi connectivity index (χ2v) is 4.56. The first-order valence-corrected chi connectivity index (χ1v) is 4.33. The van der Waals surface area contributed by atoms with Crippen LogP contribution in [0.2, 0.25) is 0 Å². The predicted octanol–water partition coefficient (Wildman–Crippen LogP) is 2.26. The summed E-state index contributed by atoms with van der Waals surface area (Å²) in [5.74, 6) is 0. The average molecular weight is 174 g/mol. The standard InChI is InChI=1S/C9H18O3/c1-7-10-8(2,3)6-9(4,5)12-11-7/h7H,6H2,1-5H3. The van der Waals surface area contributed by atoms with Crippen LogP contribution in [0.25, 0.3) is 0 Å². The van der Waals surface area contributed by atoms with Crippen molar-refractivity contribution in [1.82, 2.24) is 0 Å². The van der Waals surface area contributed by atoms with Crippen LogP contribution in [0.1, 0.15) is 41.0 Å². The molecule has 1 fully saturated rings. The van der Waals surface area contributed by atoms with Gasteiger partial charge in [-0.05, 0) is 34.6 Å². The Morgan fingerprint density at radius 3 is 2.25 bits per heavy atom. The van der Waals surface area contributed by atoms with Crippen molar-refractivity contribution in [3.63, 3.8) is 0 Å². The third-order valence-electron chi connectivity index (χ3n) is 1.75. The first-order chi connectivity index (χ1) is 5.31. The normalized spacial score (nSPS) is 34.2. The van der Waals surface area contributed by atoms with Crippen LogP contribution in [0.3, 0.4) is 0 Å². The highest BCUT2D eigenvalue weighted by Crippen LogP contribution is 2.31. The Hall–Kier alpha value is -0.120. The summed E-state index contributed by atoms with van der Waals surface area (Å²) in [5, 5.41) is 0. The fraction of sp³-hybridized carbons (Fsp3) is 1.00. The quantitative estimate of drug-likeness (QED) is 0.527. The van der Waals surface area contributed by atoms with E-state index in [1.165, 1.54) is 0 Å². The highest BCUT2D eigenvalue weighted by Gasteiger charge is 2.36. The zero-order valence-electron chi connectivity index (χ0n) is 8.51. The molecule has 1 atom stereocenters. The first-order valence-electron chi connectivity index (χ1n) is 4.33. The maximum atomic E-state index is 5.59. The summed E-state index contributed by atoms with van der Waals surface area (Å²) in [6, 6.07) is 0. The summed E-state index contributed by atoms with van der Waals surface area (Å²) in [6.45, 7) is 9.92. The summed E-state index contributed by atoms with van der Waals surface area (Å²) in [6.07, 6.45) is 0.534. The van der Waals surface area contributed by atoms with Crippen molar-refractivity contribution >= 4 is 0 Å². The minimum atomic E-state index is -0.290.